The van der Waals surface area contributed by atoms with Gasteiger partial charge in [0.2, 0.25) is 0 Å². The molecular weight excluding hydrogens is 428 g/mol. The predicted octanol–water partition coefficient (Wildman–Crippen LogP) is 4.79. The average Bonchev–Trinajstić information content (AvgIpc) is 2.76. The van der Waals surface area contributed by atoms with Crippen LogP contribution in [0.3, 0.4) is 0 Å². The second-order valence-electron chi connectivity index (χ2n) is 8.49. The van der Waals surface area contributed by atoms with Crippen molar-refractivity contribution in [3.8, 4) is 5.75 Å². The number of carbonyl (C=O) groups excluding carboxylic acids is 2. The molecule has 0 saturated carbocycles. The standard InChI is InChI=1S/C25H38O6S/c1-6-20(4)18-31-25(27)14-12-21-11-13-22(24(16-21)30-5)17-23(26)10-8-7-9-15-32(28,29)19(2)3/h11-14,16,19-20H,6-10,15,17-18H2,1-5H3/b14-12+. The van der Waals surface area contributed by atoms with Crippen LogP contribution in [0.2, 0.25) is 0 Å². The van der Waals surface area contributed by atoms with Crippen LogP contribution in [-0.4, -0.2) is 44.9 Å². The van der Waals surface area contributed by atoms with Crippen molar-refractivity contribution in [2.75, 3.05) is 19.5 Å². The molecule has 0 radical (unpaired) electrons. The van der Waals surface area contributed by atoms with Crippen molar-refractivity contribution in [1.29, 1.82) is 0 Å². The molecule has 0 bridgehead atoms. The minimum absolute atomic E-state index is 0.0898. The molecule has 6 nitrogen and oxygen atoms in total. The van der Waals surface area contributed by atoms with Gasteiger partial charge in [0.15, 0.2) is 9.84 Å². The molecule has 1 unspecified atom stereocenters. The summed E-state index contributed by atoms with van der Waals surface area (Å²) in [5, 5.41) is -0.357. The molecule has 1 aromatic rings. The Balaban J connectivity index is 2.53. The van der Waals surface area contributed by atoms with Crippen LogP contribution in [0.1, 0.15) is 70.9 Å². The number of ether oxygens (including phenoxy) is 2. The van der Waals surface area contributed by atoms with Gasteiger partial charge in [-0.15, -0.1) is 0 Å². The zero-order valence-electron chi connectivity index (χ0n) is 20.1. The van der Waals surface area contributed by atoms with E-state index in [4.69, 9.17) is 9.47 Å². The van der Waals surface area contributed by atoms with E-state index in [1.54, 1.807) is 33.1 Å². The lowest BCUT2D eigenvalue weighted by molar-refractivity contribution is -0.138. The first kappa shape index (κ1) is 27.9. The Kier molecular flexibility index (Phi) is 12.3. The molecule has 0 aliphatic rings. The van der Waals surface area contributed by atoms with E-state index in [1.165, 1.54) is 6.08 Å². The molecule has 0 spiro atoms. The molecule has 0 saturated heterocycles. The van der Waals surface area contributed by atoms with Crippen molar-refractivity contribution in [1.82, 2.24) is 0 Å². The Morgan fingerprint density at radius 2 is 1.81 bits per heavy atom. The summed E-state index contributed by atoms with van der Waals surface area (Å²) < 4.78 is 34.2. The first-order valence-electron chi connectivity index (χ1n) is 11.3. The maximum absolute atomic E-state index is 12.4. The van der Waals surface area contributed by atoms with Crippen LogP contribution in [0.5, 0.6) is 5.75 Å². The minimum Gasteiger partial charge on any atom is -0.496 e. The summed E-state index contributed by atoms with van der Waals surface area (Å²) in [6.07, 6.45) is 6.65. The Hall–Kier alpha value is -2.15. The normalized spacial score (nSPS) is 12.8. The van der Waals surface area contributed by atoms with Crippen molar-refractivity contribution in [2.45, 2.75) is 71.5 Å². The fourth-order valence-electron chi connectivity index (χ4n) is 2.90. The molecule has 7 heteroatoms. The quantitative estimate of drug-likeness (QED) is 0.210. The summed E-state index contributed by atoms with van der Waals surface area (Å²) in [7, 11) is -1.47. The van der Waals surface area contributed by atoms with Crippen LogP contribution < -0.4 is 4.74 Å². The van der Waals surface area contributed by atoms with Crippen LogP contribution in [0, 0.1) is 5.92 Å². The van der Waals surface area contributed by atoms with E-state index in [0.717, 1.165) is 17.5 Å². The second kappa shape index (κ2) is 14.1. The summed E-state index contributed by atoms with van der Waals surface area (Å²) in [5.41, 5.74) is 1.57. The van der Waals surface area contributed by atoms with Gasteiger partial charge >= 0.3 is 5.97 Å². The third-order valence-electron chi connectivity index (χ3n) is 5.42. The van der Waals surface area contributed by atoms with E-state index in [0.29, 0.717) is 44.0 Å². The molecule has 0 amide bonds. The lowest BCUT2D eigenvalue weighted by Crippen LogP contribution is -2.17. The SMILES string of the molecule is CCC(C)COC(=O)/C=C/c1ccc(CC(=O)CCCCCS(=O)(=O)C(C)C)c(OC)c1. The number of ketones is 1. The van der Waals surface area contributed by atoms with E-state index in [2.05, 4.69) is 0 Å². The van der Waals surface area contributed by atoms with Gasteiger partial charge in [0.05, 0.1) is 24.7 Å². The number of hydrogen-bond acceptors (Lipinski definition) is 6. The van der Waals surface area contributed by atoms with Crippen LogP contribution in [-0.2, 0) is 30.6 Å². The van der Waals surface area contributed by atoms with Gasteiger partial charge in [0, 0.05) is 24.5 Å². The summed E-state index contributed by atoms with van der Waals surface area (Å²) in [4.78, 5) is 24.2. The smallest absolute Gasteiger partial charge is 0.330 e. The Morgan fingerprint density at radius 3 is 2.44 bits per heavy atom. The van der Waals surface area contributed by atoms with E-state index < -0.39 is 9.84 Å². The monoisotopic (exact) mass is 466 g/mol. The first-order valence-corrected chi connectivity index (χ1v) is 13.1. The van der Waals surface area contributed by atoms with Gasteiger partial charge in [-0.3, -0.25) is 4.79 Å². The molecule has 0 aromatic heterocycles. The summed E-state index contributed by atoms with van der Waals surface area (Å²) in [5.74, 6) is 0.804. The number of carbonyl (C=O) groups is 2. The van der Waals surface area contributed by atoms with Crippen molar-refractivity contribution < 1.29 is 27.5 Å². The number of Topliss-reactive ketones (excluding diaryl/α,β-unsaturated/α-hetero) is 1. The van der Waals surface area contributed by atoms with Gasteiger partial charge < -0.3 is 9.47 Å². The highest BCUT2D eigenvalue weighted by molar-refractivity contribution is 7.91. The van der Waals surface area contributed by atoms with Gasteiger partial charge in [-0.25, -0.2) is 13.2 Å². The maximum Gasteiger partial charge on any atom is 0.330 e. The minimum atomic E-state index is -3.02. The van der Waals surface area contributed by atoms with E-state index in [-0.39, 0.29) is 29.2 Å². The molecule has 1 rings (SSSR count). The molecule has 0 aliphatic heterocycles. The molecular formula is C25H38O6S. The molecule has 32 heavy (non-hydrogen) atoms. The van der Waals surface area contributed by atoms with Crippen LogP contribution in [0.15, 0.2) is 24.3 Å². The van der Waals surface area contributed by atoms with Crippen LogP contribution >= 0.6 is 0 Å². The summed E-state index contributed by atoms with van der Waals surface area (Å²) in [6.45, 7) is 7.85. The lowest BCUT2D eigenvalue weighted by Gasteiger charge is -2.10. The Morgan fingerprint density at radius 1 is 1.09 bits per heavy atom. The van der Waals surface area contributed by atoms with Crippen molar-refractivity contribution in [3.05, 3.63) is 35.4 Å². The third kappa shape index (κ3) is 10.4. The number of methoxy groups -OCH3 is 1. The van der Waals surface area contributed by atoms with Gasteiger partial charge in [-0.2, -0.15) is 0 Å². The summed E-state index contributed by atoms with van der Waals surface area (Å²) >= 11 is 0. The molecule has 180 valence electrons. The lowest BCUT2D eigenvalue weighted by atomic mass is 10.0. The number of unbranched alkanes of at least 4 members (excludes halogenated alkanes) is 2. The Bertz CT molecular complexity index is 870. The second-order valence-corrected chi connectivity index (χ2v) is 11.2. The van der Waals surface area contributed by atoms with Gasteiger partial charge in [-0.1, -0.05) is 38.8 Å². The fraction of sp³-hybridized carbons (Fsp3) is 0.600. The molecule has 0 heterocycles. The van der Waals surface area contributed by atoms with Gasteiger partial charge in [0.25, 0.3) is 0 Å². The van der Waals surface area contributed by atoms with Crippen LogP contribution in [0.4, 0.5) is 0 Å². The Labute approximate surface area is 193 Å². The average molecular weight is 467 g/mol. The molecule has 0 aliphatic carbocycles. The fourth-order valence-corrected chi connectivity index (χ4v) is 3.98. The summed E-state index contributed by atoms with van der Waals surface area (Å²) in [6, 6.07) is 5.45. The van der Waals surface area contributed by atoms with Gasteiger partial charge in [0.1, 0.15) is 11.5 Å². The zero-order valence-corrected chi connectivity index (χ0v) is 20.9. The van der Waals surface area contributed by atoms with E-state index >= 15 is 0 Å². The number of hydrogen-bond donors (Lipinski definition) is 0. The van der Waals surface area contributed by atoms with E-state index in [9.17, 15) is 18.0 Å². The highest BCUT2D eigenvalue weighted by Crippen LogP contribution is 2.22. The van der Waals surface area contributed by atoms with E-state index in [1.807, 2.05) is 26.0 Å². The topological polar surface area (TPSA) is 86.7 Å². The largest absolute Gasteiger partial charge is 0.496 e. The number of esters is 1. The maximum atomic E-state index is 12.4. The molecule has 0 N–H and O–H groups in total. The van der Waals surface area contributed by atoms with Crippen molar-refractivity contribution in [2.24, 2.45) is 5.92 Å². The number of benzene rings is 1. The highest BCUT2D eigenvalue weighted by atomic mass is 32.2. The predicted molar refractivity (Wildman–Crippen MR) is 129 cm³/mol. The van der Waals surface area contributed by atoms with Crippen LogP contribution in [0.25, 0.3) is 6.08 Å². The molecule has 1 aromatic carbocycles. The van der Waals surface area contributed by atoms with Crippen molar-refractivity contribution >= 4 is 27.7 Å². The van der Waals surface area contributed by atoms with Crippen molar-refractivity contribution in [3.63, 3.8) is 0 Å². The molecule has 0 fully saturated rings. The molecule has 1 atom stereocenters. The third-order valence-corrected chi connectivity index (χ3v) is 7.71. The first-order chi connectivity index (χ1) is 15.1. The van der Waals surface area contributed by atoms with Gasteiger partial charge in [-0.05, 0) is 50.3 Å². The number of rotatable bonds is 15. The number of sulfone groups is 1. The highest BCUT2D eigenvalue weighted by Gasteiger charge is 2.15. The zero-order chi connectivity index (χ0) is 24.1.